The predicted molar refractivity (Wildman–Crippen MR) is 129 cm³/mol. The van der Waals surface area contributed by atoms with Crippen LogP contribution >= 0.6 is 11.6 Å². The topological polar surface area (TPSA) is 76.4 Å². The Bertz CT molecular complexity index is 1480. The first-order valence-electron chi connectivity index (χ1n) is 10.6. The Balaban J connectivity index is 1.36. The molecule has 0 N–H and O–H groups in total. The van der Waals surface area contributed by atoms with Crippen molar-refractivity contribution in [3.05, 3.63) is 107 Å². The Kier molecular flexibility index (Phi) is 7.38. The summed E-state index contributed by atoms with van der Waals surface area (Å²) < 4.78 is 39.1. The normalized spacial score (nSPS) is 10.4. The lowest BCUT2D eigenvalue weighted by Crippen LogP contribution is -2.18. The van der Waals surface area contributed by atoms with Gasteiger partial charge in [0.2, 0.25) is 0 Å². The minimum atomic E-state index is -0.969. The first kappa shape index (κ1) is 24.6. The summed E-state index contributed by atoms with van der Waals surface area (Å²) in [6.07, 6.45) is -0.764. The molecule has 0 radical (unpaired) electrons. The third-order valence-corrected chi connectivity index (χ3v) is 5.37. The van der Waals surface area contributed by atoms with Crippen molar-refractivity contribution < 1.29 is 27.8 Å². The number of halogens is 3. The van der Waals surface area contributed by atoms with E-state index in [4.69, 9.17) is 26.3 Å². The molecule has 0 amide bonds. The number of hydrogen-bond donors (Lipinski definition) is 0. The van der Waals surface area contributed by atoms with Crippen LogP contribution in [0.1, 0.15) is 12.0 Å². The minimum Gasteiger partial charge on any atom is -0.426 e. The van der Waals surface area contributed by atoms with Gasteiger partial charge in [-0.15, -0.1) is 0 Å². The molecule has 36 heavy (non-hydrogen) atoms. The van der Waals surface area contributed by atoms with E-state index in [2.05, 4.69) is 0 Å². The molecule has 0 aliphatic carbocycles. The second-order valence-electron chi connectivity index (χ2n) is 7.60. The average molecular weight is 504 g/mol. The van der Waals surface area contributed by atoms with Gasteiger partial charge in [-0.25, -0.2) is 8.78 Å². The maximum Gasteiger partial charge on any atom is 0.322 e. The van der Waals surface area contributed by atoms with Crippen molar-refractivity contribution in [2.45, 2.75) is 6.42 Å². The predicted octanol–water partition coefficient (Wildman–Crippen LogP) is 6.72. The molecule has 0 atom stereocenters. The largest absolute Gasteiger partial charge is 0.426 e. The zero-order valence-electron chi connectivity index (χ0n) is 18.5. The number of carbonyl (C=O) groups excluding carboxylic acids is 2. The molecular formula is C28H16ClF2NO4. The van der Waals surface area contributed by atoms with E-state index in [9.17, 15) is 18.4 Å². The summed E-state index contributed by atoms with van der Waals surface area (Å²) in [6.45, 7) is 0. The Hall–Kier alpha value is -4.54. The molecule has 0 aliphatic heterocycles. The number of rotatable bonds is 6. The van der Waals surface area contributed by atoms with Gasteiger partial charge in [-0.2, -0.15) is 5.26 Å². The Labute approximate surface area is 210 Å². The molecule has 0 unspecified atom stereocenters. The van der Waals surface area contributed by atoms with Gasteiger partial charge in [-0.05, 0) is 59.7 Å². The minimum absolute atomic E-state index is 0.0826. The van der Waals surface area contributed by atoms with Crippen LogP contribution in [0.5, 0.6) is 11.5 Å². The maximum absolute atomic E-state index is 14.5. The van der Waals surface area contributed by atoms with E-state index in [0.717, 1.165) is 12.1 Å². The van der Waals surface area contributed by atoms with Gasteiger partial charge in [0.05, 0.1) is 11.6 Å². The molecule has 0 bridgehead atoms. The first-order valence-corrected chi connectivity index (χ1v) is 11.0. The summed E-state index contributed by atoms with van der Waals surface area (Å²) in [6, 6.07) is 22.6. The van der Waals surface area contributed by atoms with E-state index in [1.165, 1.54) is 24.3 Å². The van der Waals surface area contributed by atoms with E-state index in [1.807, 2.05) is 6.07 Å². The van der Waals surface area contributed by atoms with Crippen LogP contribution in [0.25, 0.3) is 22.3 Å². The van der Waals surface area contributed by atoms with Gasteiger partial charge in [0.15, 0.2) is 0 Å². The average Bonchev–Trinajstić information content (AvgIpc) is 2.85. The lowest BCUT2D eigenvalue weighted by atomic mass is 10.0. The van der Waals surface area contributed by atoms with Gasteiger partial charge in [0.1, 0.15) is 29.6 Å². The Morgan fingerprint density at radius 1 is 0.722 bits per heavy atom. The number of nitriles is 1. The molecule has 0 heterocycles. The van der Waals surface area contributed by atoms with Crippen LogP contribution in [0, 0.1) is 23.0 Å². The van der Waals surface area contributed by atoms with E-state index >= 15 is 0 Å². The van der Waals surface area contributed by atoms with Gasteiger partial charge >= 0.3 is 11.9 Å². The highest BCUT2D eigenvalue weighted by molar-refractivity contribution is 6.30. The van der Waals surface area contributed by atoms with E-state index < -0.39 is 30.0 Å². The van der Waals surface area contributed by atoms with Crippen LogP contribution < -0.4 is 9.47 Å². The number of hydrogen-bond acceptors (Lipinski definition) is 5. The summed E-state index contributed by atoms with van der Waals surface area (Å²) >= 11 is 5.85. The fourth-order valence-electron chi connectivity index (χ4n) is 3.39. The summed E-state index contributed by atoms with van der Waals surface area (Å²) in [5, 5.41) is 9.38. The number of ether oxygens (including phenoxy) is 2. The van der Waals surface area contributed by atoms with Crippen molar-refractivity contribution in [2.75, 3.05) is 0 Å². The molecule has 5 nitrogen and oxygen atoms in total. The fraction of sp³-hybridized carbons (Fsp3) is 0.0357. The smallest absolute Gasteiger partial charge is 0.322 e. The van der Waals surface area contributed by atoms with Crippen LogP contribution in [-0.4, -0.2) is 11.9 Å². The van der Waals surface area contributed by atoms with Crippen molar-refractivity contribution in [2.24, 2.45) is 0 Å². The van der Waals surface area contributed by atoms with Crippen LogP contribution in [0.2, 0.25) is 5.02 Å². The second-order valence-corrected chi connectivity index (χ2v) is 8.04. The molecule has 4 aromatic carbocycles. The summed E-state index contributed by atoms with van der Waals surface area (Å²) in [7, 11) is 0. The quantitative estimate of drug-likeness (QED) is 0.166. The van der Waals surface area contributed by atoms with Crippen molar-refractivity contribution >= 4 is 23.5 Å². The zero-order chi connectivity index (χ0) is 25.7. The third-order valence-electron chi connectivity index (χ3n) is 5.11. The molecule has 4 aromatic rings. The monoisotopic (exact) mass is 503 g/mol. The lowest BCUT2D eigenvalue weighted by molar-refractivity contribution is -0.144. The molecular weight excluding hydrogens is 488 g/mol. The van der Waals surface area contributed by atoms with Crippen molar-refractivity contribution in [3.63, 3.8) is 0 Å². The molecule has 0 aromatic heterocycles. The summed E-state index contributed by atoms with van der Waals surface area (Å²) in [5.74, 6) is -3.38. The summed E-state index contributed by atoms with van der Waals surface area (Å²) in [4.78, 5) is 24.2. The SMILES string of the molecule is N#Cc1ccc(-c2ccc(OC(=O)CC(=O)Oc3ccc(-c4ccc(Cl)cc4)c(F)c3)cc2F)cc1. The molecule has 0 saturated heterocycles. The standard InChI is InChI=1S/C28H16ClF2NO4/c29-20-7-5-19(6-8-20)24-12-10-22(14-26(24)31)36-28(34)15-27(33)35-21-9-11-23(25(30)13-21)18-3-1-17(16-32)2-4-18/h1-14H,15H2. The van der Waals surface area contributed by atoms with Gasteiger partial charge in [-0.1, -0.05) is 35.9 Å². The van der Waals surface area contributed by atoms with Gasteiger partial charge in [0.25, 0.3) is 0 Å². The number of carbonyl (C=O) groups is 2. The van der Waals surface area contributed by atoms with Gasteiger partial charge in [-0.3, -0.25) is 9.59 Å². The molecule has 178 valence electrons. The van der Waals surface area contributed by atoms with E-state index in [1.54, 1.807) is 48.5 Å². The van der Waals surface area contributed by atoms with Crippen LogP contribution in [0.3, 0.4) is 0 Å². The highest BCUT2D eigenvalue weighted by atomic mass is 35.5. The van der Waals surface area contributed by atoms with Crippen molar-refractivity contribution in [1.82, 2.24) is 0 Å². The number of esters is 2. The van der Waals surface area contributed by atoms with E-state index in [-0.39, 0.29) is 22.6 Å². The number of benzene rings is 4. The van der Waals surface area contributed by atoms with Gasteiger partial charge in [0, 0.05) is 28.3 Å². The van der Waals surface area contributed by atoms with Crippen LogP contribution in [0.15, 0.2) is 84.9 Å². The number of nitrogens with zero attached hydrogens (tertiary/aromatic N) is 1. The van der Waals surface area contributed by atoms with Crippen molar-refractivity contribution in [1.29, 1.82) is 5.26 Å². The van der Waals surface area contributed by atoms with Crippen molar-refractivity contribution in [3.8, 4) is 39.8 Å². The Morgan fingerprint density at radius 2 is 1.17 bits per heavy atom. The zero-order valence-corrected chi connectivity index (χ0v) is 19.3. The lowest BCUT2D eigenvalue weighted by Gasteiger charge is -2.09. The fourth-order valence-corrected chi connectivity index (χ4v) is 3.52. The van der Waals surface area contributed by atoms with Crippen LogP contribution in [0.4, 0.5) is 8.78 Å². The molecule has 0 fully saturated rings. The van der Waals surface area contributed by atoms with E-state index in [0.29, 0.717) is 21.7 Å². The molecule has 0 spiro atoms. The van der Waals surface area contributed by atoms with Gasteiger partial charge < -0.3 is 9.47 Å². The highest BCUT2D eigenvalue weighted by Gasteiger charge is 2.17. The molecule has 4 rings (SSSR count). The molecule has 8 heteroatoms. The Morgan fingerprint density at radius 3 is 1.58 bits per heavy atom. The highest BCUT2D eigenvalue weighted by Crippen LogP contribution is 2.28. The summed E-state index contributed by atoms with van der Waals surface area (Å²) in [5.41, 5.74) is 2.12. The third kappa shape index (κ3) is 5.93. The first-order chi connectivity index (χ1) is 17.3. The second kappa shape index (κ2) is 10.8. The maximum atomic E-state index is 14.5. The molecule has 0 saturated carbocycles. The molecule has 0 aliphatic rings. The van der Waals surface area contributed by atoms with Crippen LogP contribution in [-0.2, 0) is 9.59 Å².